The van der Waals surface area contributed by atoms with Crippen molar-refractivity contribution in [3.63, 3.8) is 0 Å². The summed E-state index contributed by atoms with van der Waals surface area (Å²) in [5.74, 6) is -0.0385. The summed E-state index contributed by atoms with van der Waals surface area (Å²) in [6.45, 7) is 1.91. The third kappa shape index (κ3) is 4.64. The molecule has 0 aliphatic rings. The van der Waals surface area contributed by atoms with E-state index >= 15 is 0 Å². The zero-order valence-electron chi connectivity index (χ0n) is 11.4. The number of aromatic amines is 1. The van der Waals surface area contributed by atoms with Gasteiger partial charge in [-0.1, -0.05) is 24.8 Å². The molecule has 1 heterocycles. The average molecular weight is 305 g/mol. The van der Waals surface area contributed by atoms with Crippen LogP contribution < -0.4 is 10.9 Å². The van der Waals surface area contributed by atoms with E-state index in [1.54, 1.807) is 12.1 Å². The molecule has 110 valence electrons. The van der Waals surface area contributed by atoms with Crippen LogP contribution in [0.5, 0.6) is 5.75 Å². The number of amides is 1. The number of benzene rings is 1. The lowest BCUT2D eigenvalue weighted by molar-refractivity contribution is -0.113. The Morgan fingerprint density at radius 3 is 2.95 bits per heavy atom. The van der Waals surface area contributed by atoms with Crippen LogP contribution in [-0.4, -0.2) is 26.7 Å². The molecule has 0 saturated heterocycles. The maximum absolute atomic E-state index is 11.8. The van der Waals surface area contributed by atoms with Gasteiger partial charge in [0.25, 0.3) is 5.56 Å². The van der Waals surface area contributed by atoms with Crippen molar-refractivity contribution < 1.29 is 9.90 Å². The van der Waals surface area contributed by atoms with Crippen molar-refractivity contribution in [2.45, 2.75) is 18.5 Å². The van der Waals surface area contributed by atoms with Gasteiger partial charge in [-0.15, -0.1) is 0 Å². The molecular weight excluding hydrogens is 290 g/mol. The monoisotopic (exact) mass is 305 g/mol. The lowest BCUT2D eigenvalue weighted by Gasteiger charge is -2.05. The van der Waals surface area contributed by atoms with Gasteiger partial charge in [0.15, 0.2) is 5.16 Å². The first-order valence-electron chi connectivity index (χ1n) is 6.38. The third-order valence-corrected chi connectivity index (χ3v) is 3.48. The highest BCUT2D eigenvalue weighted by molar-refractivity contribution is 7.99. The van der Waals surface area contributed by atoms with Gasteiger partial charge in [0.2, 0.25) is 5.91 Å². The van der Waals surface area contributed by atoms with Gasteiger partial charge in [-0.2, -0.15) is 0 Å². The zero-order valence-corrected chi connectivity index (χ0v) is 12.2. The van der Waals surface area contributed by atoms with Crippen molar-refractivity contribution in [2.24, 2.45) is 0 Å². The van der Waals surface area contributed by atoms with E-state index < -0.39 is 0 Å². The van der Waals surface area contributed by atoms with E-state index in [1.165, 1.54) is 18.2 Å². The standard InChI is InChI=1S/C14H15N3O3S/c1-2-9-7-12(19)17-14(16-9)21-8-13(20)15-10-4-3-5-11(18)6-10/h3-7,18H,2,8H2,1H3,(H,15,20)(H,16,17,19). The largest absolute Gasteiger partial charge is 0.508 e. The maximum Gasteiger partial charge on any atom is 0.251 e. The van der Waals surface area contributed by atoms with Crippen LogP contribution in [0.3, 0.4) is 0 Å². The Hall–Kier alpha value is -2.28. The number of phenols is 1. The fourth-order valence-corrected chi connectivity index (χ4v) is 2.34. The van der Waals surface area contributed by atoms with E-state index in [-0.39, 0.29) is 23.0 Å². The number of nitrogens with one attached hydrogen (secondary N) is 2. The number of hydrogen-bond donors (Lipinski definition) is 3. The normalized spacial score (nSPS) is 10.3. The van der Waals surface area contributed by atoms with E-state index in [4.69, 9.17) is 0 Å². The number of hydrogen-bond acceptors (Lipinski definition) is 5. The Morgan fingerprint density at radius 1 is 1.43 bits per heavy atom. The predicted molar refractivity (Wildman–Crippen MR) is 81.7 cm³/mol. The van der Waals surface area contributed by atoms with Gasteiger partial charge in [0.1, 0.15) is 5.75 Å². The Labute approximate surface area is 125 Å². The summed E-state index contributed by atoms with van der Waals surface area (Å²) < 4.78 is 0. The van der Waals surface area contributed by atoms with Crippen molar-refractivity contribution in [3.05, 3.63) is 46.4 Å². The molecule has 6 nitrogen and oxygen atoms in total. The van der Waals surface area contributed by atoms with Crippen LogP contribution >= 0.6 is 11.8 Å². The van der Waals surface area contributed by atoms with Gasteiger partial charge >= 0.3 is 0 Å². The van der Waals surface area contributed by atoms with Crippen LogP contribution in [0.4, 0.5) is 5.69 Å². The van der Waals surface area contributed by atoms with Gasteiger partial charge in [-0.05, 0) is 18.6 Å². The highest BCUT2D eigenvalue weighted by Gasteiger charge is 2.07. The number of aryl methyl sites for hydroxylation is 1. The second-order valence-corrected chi connectivity index (χ2v) is 5.25. The summed E-state index contributed by atoms with van der Waals surface area (Å²) in [5.41, 5.74) is 0.983. The first-order chi connectivity index (χ1) is 10.1. The molecule has 0 saturated carbocycles. The maximum atomic E-state index is 11.8. The minimum Gasteiger partial charge on any atom is -0.508 e. The molecule has 0 unspecified atom stereocenters. The highest BCUT2D eigenvalue weighted by atomic mass is 32.2. The molecule has 21 heavy (non-hydrogen) atoms. The van der Waals surface area contributed by atoms with Gasteiger partial charge in [0.05, 0.1) is 5.75 Å². The van der Waals surface area contributed by atoms with Crippen LogP contribution in [0.25, 0.3) is 0 Å². The first-order valence-corrected chi connectivity index (χ1v) is 7.37. The lowest BCUT2D eigenvalue weighted by atomic mass is 10.3. The van der Waals surface area contributed by atoms with E-state index in [2.05, 4.69) is 15.3 Å². The number of carbonyl (C=O) groups is 1. The van der Waals surface area contributed by atoms with Gasteiger partial charge in [0, 0.05) is 23.5 Å². The summed E-state index contributed by atoms with van der Waals surface area (Å²) in [5, 5.41) is 12.4. The van der Waals surface area contributed by atoms with Crippen LogP contribution in [0.1, 0.15) is 12.6 Å². The second kappa shape index (κ2) is 6.94. The fourth-order valence-electron chi connectivity index (χ4n) is 1.65. The lowest BCUT2D eigenvalue weighted by Crippen LogP contribution is -2.15. The number of rotatable bonds is 5. The summed E-state index contributed by atoms with van der Waals surface area (Å²) >= 11 is 1.15. The van der Waals surface area contributed by atoms with Gasteiger partial charge in [-0.3, -0.25) is 9.59 Å². The SMILES string of the molecule is CCc1cc(=O)[nH]c(SCC(=O)Nc2cccc(O)c2)n1. The van der Waals surface area contributed by atoms with Gasteiger partial charge in [-0.25, -0.2) is 4.98 Å². The molecule has 0 spiro atoms. The van der Waals surface area contributed by atoms with Crippen molar-refractivity contribution >= 4 is 23.4 Å². The molecule has 2 aromatic rings. The van der Waals surface area contributed by atoms with Gasteiger partial charge < -0.3 is 15.4 Å². The minimum absolute atomic E-state index is 0.0853. The number of H-pyrrole nitrogens is 1. The number of aromatic nitrogens is 2. The number of aromatic hydroxyl groups is 1. The van der Waals surface area contributed by atoms with E-state index in [0.29, 0.717) is 23.0 Å². The van der Waals surface area contributed by atoms with Crippen LogP contribution in [0, 0.1) is 0 Å². The van der Waals surface area contributed by atoms with Crippen LogP contribution in [0.15, 0.2) is 40.3 Å². The number of phenolic OH excluding ortho intramolecular Hbond substituents is 1. The number of nitrogens with zero attached hydrogens (tertiary/aromatic N) is 1. The smallest absolute Gasteiger partial charge is 0.251 e. The van der Waals surface area contributed by atoms with E-state index in [1.807, 2.05) is 6.92 Å². The molecule has 0 radical (unpaired) electrons. The molecule has 0 bridgehead atoms. The predicted octanol–water partition coefficient (Wildman–Crippen LogP) is 1.77. The molecule has 1 aromatic heterocycles. The Kier molecular flexibility index (Phi) is 4.99. The molecule has 0 aliphatic carbocycles. The molecule has 0 fully saturated rings. The minimum atomic E-state index is -0.241. The van der Waals surface area contributed by atoms with Crippen molar-refractivity contribution in [3.8, 4) is 5.75 Å². The molecule has 3 N–H and O–H groups in total. The Morgan fingerprint density at radius 2 is 2.24 bits per heavy atom. The molecule has 7 heteroatoms. The Bertz CT molecular complexity index is 700. The molecule has 0 aliphatic heterocycles. The summed E-state index contributed by atoms with van der Waals surface area (Å²) in [6.07, 6.45) is 0.660. The van der Waals surface area contributed by atoms with Crippen molar-refractivity contribution in [1.29, 1.82) is 0 Å². The quantitative estimate of drug-likeness (QED) is 0.578. The zero-order chi connectivity index (χ0) is 15.2. The van der Waals surface area contributed by atoms with E-state index in [0.717, 1.165) is 11.8 Å². The molecule has 1 aromatic carbocycles. The number of thioether (sulfide) groups is 1. The molecular formula is C14H15N3O3S. The number of carbonyl (C=O) groups excluding carboxylic acids is 1. The van der Waals surface area contributed by atoms with Crippen molar-refractivity contribution in [2.75, 3.05) is 11.1 Å². The fraction of sp³-hybridized carbons (Fsp3) is 0.214. The van der Waals surface area contributed by atoms with Crippen LogP contribution in [0.2, 0.25) is 0 Å². The molecule has 2 rings (SSSR count). The van der Waals surface area contributed by atoms with Crippen LogP contribution in [-0.2, 0) is 11.2 Å². The summed E-state index contributed by atoms with van der Waals surface area (Å²) in [7, 11) is 0. The Balaban J connectivity index is 1.95. The topological polar surface area (TPSA) is 95.1 Å². The average Bonchev–Trinajstić information content (AvgIpc) is 2.44. The number of anilines is 1. The first kappa shape index (κ1) is 15.1. The third-order valence-electron chi connectivity index (χ3n) is 2.61. The van der Waals surface area contributed by atoms with Crippen molar-refractivity contribution in [1.82, 2.24) is 9.97 Å². The molecule has 1 amide bonds. The summed E-state index contributed by atoms with van der Waals surface area (Å²) in [6, 6.07) is 7.74. The second-order valence-electron chi connectivity index (χ2n) is 4.28. The van der Waals surface area contributed by atoms with E-state index in [9.17, 15) is 14.7 Å². The highest BCUT2D eigenvalue weighted by Crippen LogP contribution is 2.17. The molecule has 0 atom stereocenters. The summed E-state index contributed by atoms with van der Waals surface area (Å²) in [4.78, 5) is 30.0.